The van der Waals surface area contributed by atoms with Crippen molar-refractivity contribution in [2.24, 2.45) is 0 Å². The van der Waals surface area contributed by atoms with Crippen LogP contribution >= 0.6 is 11.6 Å². The molecule has 1 aromatic carbocycles. The number of benzene rings is 1. The van der Waals surface area contributed by atoms with Gasteiger partial charge in [-0.1, -0.05) is 30.9 Å². The predicted molar refractivity (Wildman–Crippen MR) is 103 cm³/mol. The zero-order valence-corrected chi connectivity index (χ0v) is 16.9. The summed E-state index contributed by atoms with van der Waals surface area (Å²) in [4.78, 5) is 14.9. The van der Waals surface area contributed by atoms with Crippen molar-refractivity contribution in [3.63, 3.8) is 0 Å². The average Bonchev–Trinajstić information content (AvgIpc) is 3.17. The van der Waals surface area contributed by atoms with Crippen LogP contribution in [0.1, 0.15) is 62.2 Å². The fourth-order valence-electron chi connectivity index (χ4n) is 4.03. The first-order valence-electron chi connectivity index (χ1n) is 9.56. The van der Waals surface area contributed by atoms with E-state index in [9.17, 15) is 13.2 Å². The van der Waals surface area contributed by atoms with Gasteiger partial charge < -0.3 is 4.90 Å². The highest BCUT2D eigenvalue weighted by Gasteiger charge is 2.31. The van der Waals surface area contributed by atoms with E-state index < -0.39 is 10.0 Å². The lowest BCUT2D eigenvalue weighted by Crippen LogP contribution is -2.39. The molecule has 1 aliphatic carbocycles. The van der Waals surface area contributed by atoms with Crippen molar-refractivity contribution in [3.05, 3.63) is 28.8 Å². The number of halogens is 1. The van der Waals surface area contributed by atoms with Crippen molar-refractivity contribution in [1.29, 1.82) is 0 Å². The van der Waals surface area contributed by atoms with Crippen LogP contribution in [0.2, 0.25) is 5.02 Å². The molecule has 1 aromatic rings. The highest BCUT2D eigenvalue weighted by atomic mass is 35.5. The molecule has 0 bridgehead atoms. The van der Waals surface area contributed by atoms with E-state index in [-0.39, 0.29) is 21.9 Å². The summed E-state index contributed by atoms with van der Waals surface area (Å²) in [7, 11) is -3.67. The lowest BCUT2D eigenvalue weighted by molar-refractivity contribution is 0.0693. The topological polar surface area (TPSA) is 57.7 Å². The Morgan fingerprint density at radius 3 is 2.42 bits per heavy atom. The second kappa shape index (κ2) is 8.28. The normalized spacial score (nSPS) is 19.6. The zero-order valence-electron chi connectivity index (χ0n) is 15.3. The van der Waals surface area contributed by atoms with Crippen molar-refractivity contribution in [2.45, 2.75) is 62.8 Å². The molecule has 0 unspecified atom stereocenters. The van der Waals surface area contributed by atoms with E-state index in [1.54, 1.807) is 6.07 Å². The Bertz CT molecular complexity index is 754. The van der Waals surface area contributed by atoms with Gasteiger partial charge in [0.2, 0.25) is 10.0 Å². The van der Waals surface area contributed by atoms with Crippen LogP contribution < -0.4 is 0 Å². The van der Waals surface area contributed by atoms with Crippen LogP contribution in [0.25, 0.3) is 0 Å². The Morgan fingerprint density at radius 2 is 1.81 bits per heavy atom. The lowest BCUT2D eigenvalue weighted by atomic mass is 10.1. The monoisotopic (exact) mass is 398 g/mol. The van der Waals surface area contributed by atoms with E-state index in [0.29, 0.717) is 25.2 Å². The van der Waals surface area contributed by atoms with Gasteiger partial charge in [0.05, 0.1) is 5.02 Å². The summed E-state index contributed by atoms with van der Waals surface area (Å²) in [5.41, 5.74) is 0.402. The number of carbonyl (C=O) groups is 1. The van der Waals surface area contributed by atoms with E-state index >= 15 is 0 Å². The molecule has 3 rings (SSSR count). The van der Waals surface area contributed by atoms with E-state index in [4.69, 9.17) is 11.6 Å². The third-order valence-corrected chi connectivity index (χ3v) is 7.86. The number of nitrogens with zero attached hydrogens (tertiary/aromatic N) is 2. The molecule has 2 fully saturated rings. The first kappa shape index (κ1) is 19.6. The average molecular weight is 399 g/mol. The lowest BCUT2D eigenvalue weighted by Gasteiger charge is -2.29. The molecular formula is C19H27ClN2O3S. The predicted octanol–water partition coefficient (Wildman–Crippen LogP) is 3.92. The Kier molecular flexibility index (Phi) is 6.25. The molecule has 26 heavy (non-hydrogen) atoms. The first-order chi connectivity index (χ1) is 12.4. The second-order valence-electron chi connectivity index (χ2n) is 7.14. The van der Waals surface area contributed by atoms with Gasteiger partial charge >= 0.3 is 0 Å². The molecule has 0 atom stereocenters. The summed E-state index contributed by atoms with van der Waals surface area (Å²) in [6.45, 7) is 3.62. The van der Waals surface area contributed by atoms with Crippen molar-refractivity contribution in [1.82, 2.24) is 9.21 Å². The second-order valence-corrected chi connectivity index (χ2v) is 9.45. The summed E-state index contributed by atoms with van der Waals surface area (Å²) < 4.78 is 27.5. The molecule has 0 spiro atoms. The van der Waals surface area contributed by atoms with Crippen LogP contribution in [0.4, 0.5) is 0 Å². The quantitative estimate of drug-likeness (QED) is 0.755. The molecule has 1 saturated heterocycles. The van der Waals surface area contributed by atoms with Crippen LogP contribution in [-0.4, -0.2) is 49.2 Å². The highest BCUT2D eigenvalue weighted by Crippen LogP contribution is 2.30. The minimum atomic E-state index is -3.67. The molecule has 0 radical (unpaired) electrons. The third-order valence-electron chi connectivity index (χ3n) is 5.48. The summed E-state index contributed by atoms with van der Waals surface area (Å²) in [6, 6.07) is 4.89. The highest BCUT2D eigenvalue weighted by molar-refractivity contribution is 7.89. The molecule has 1 amide bonds. The van der Waals surface area contributed by atoms with Gasteiger partial charge in [-0.25, -0.2) is 8.42 Å². The van der Waals surface area contributed by atoms with Crippen molar-refractivity contribution >= 4 is 27.5 Å². The van der Waals surface area contributed by atoms with Crippen LogP contribution in [-0.2, 0) is 10.0 Å². The van der Waals surface area contributed by atoms with E-state index in [0.717, 1.165) is 44.9 Å². The van der Waals surface area contributed by atoms with Gasteiger partial charge in [-0.2, -0.15) is 4.31 Å². The Morgan fingerprint density at radius 1 is 1.15 bits per heavy atom. The maximum Gasteiger partial charge on any atom is 0.254 e. The summed E-state index contributed by atoms with van der Waals surface area (Å²) in [5.74, 6) is -0.105. The molecular weight excluding hydrogens is 372 g/mol. The van der Waals surface area contributed by atoms with E-state index in [1.165, 1.54) is 16.4 Å². The fraction of sp³-hybridized carbons (Fsp3) is 0.632. The number of rotatable bonds is 5. The molecule has 144 valence electrons. The number of sulfonamides is 1. The summed E-state index contributed by atoms with van der Waals surface area (Å²) >= 11 is 6.21. The Hall–Kier alpha value is -1.11. The van der Waals surface area contributed by atoms with Gasteiger partial charge in [0.1, 0.15) is 4.90 Å². The number of hydrogen-bond acceptors (Lipinski definition) is 3. The molecule has 7 heteroatoms. The molecule has 1 saturated carbocycles. The van der Waals surface area contributed by atoms with Crippen LogP contribution in [0.15, 0.2) is 23.1 Å². The summed E-state index contributed by atoms with van der Waals surface area (Å²) in [5, 5.41) is 0.177. The van der Waals surface area contributed by atoms with Crippen LogP contribution in [0, 0.1) is 0 Å². The van der Waals surface area contributed by atoms with Crippen molar-refractivity contribution < 1.29 is 13.2 Å². The van der Waals surface area contributed by atoms with E-state index in [2.05, 4.69) is 0 Å². The zero-order chi connectivity index (χ0) is 18.7. The van der Waals surface area contributed by atoms with Crippen LogP contribution in [0.5, 0.6) is 0 Å². The van der Waals surface area contributed by atoms with Crippen molar-refractivity contribution in [3.8, 4) is 0 Å². The number of hydrogen-bond donors (Lipinski definition) is 0. The molecule has 2 aliphatic rings. The molecule has 1 aliphatic heterocycles. The largest absolute Gasteiger partial charge is 0.336 e. The third kappa shape index (κ3) is 3.92. The number of piperidine rings is 1. The van der Waals surface area contributed by atoms with Gasteiger partial charge in [0.15, 0.2) is 0 Å². The minimum Gasteiger partial charge on any atom is -0.336 e. The molecule has 1 heterocycles. The maximum atomic E-state index is 13.0. The fourth-order valence-corrected chi connectivity index (χ4v) is 6.05. The van der Waals surface area contributed by atoms with Gasteiger partial charge in [0, 0.05) is 31.2 Å². The minimum absolute atomic E-state index is 0.0504. The van der Waals surface area contributed by atoms with Gasteiger partial charge in [-0.3, -0.25) is 4.79 Å². The van der Waals surface area contributed by atoms with Gasteiger partial charge in [-0.15, -0.1) is 0 Å². The summed E-state index contributed by atoms with van der Waals surface area (Å²) in [6.07, 6.45) is 7.10. The molecule has 0 N–H and O–H groups in total. The number of carbonyl (C=O) groups excluding carboxylic acids is 1. The first-order valence-corrected chi connectivity index (χ1v) is 11.4. The Balaban J connectivity index is 1.90. The van der Waals surface area contributed by atoms with Gasteiger partial charge in [-0.05, 0) is 50.8 Å². The maximum absolute atomic E-state index is 13.0. The molecule has 5 nitrogen and oxygen atoms in total. The van der Waals surface area contributed by atoms with Crippen molar-refractivity contribution in [2.75, 3.05) is 19.6 Å². The SMILES string of the molecule is CCN(C(=O)c1ccc(Cl)c(S(=O)(=O)N2CCCCC2)c1)C1CCCC1. The van der Waals surface area contributed by atoms with E-state index in [1.807, 2.05) is 11.8 Å². The van der Waals surface area contributed by atoms with Gasteiger partial charge in [0.25, 0.3) is 5.91 Å². The Labute approximate surface area is 161 Å². The standard InChI is InChI=1S/C19H27ClN2O3S/c1-2-22(16-8-4-5-9-16)19(23)15-10-11-17(20)18(14-15)26(24,25)21-12-6-3-7-13-21/h10-11,14,16H,2-9,12-13H2,1H3. The number of amides is 1. The smallest absolute Gasteiger partial charge is 0.254 e. The van der Waals surface area contributed by atoms with Crippen LogP contribution in [0.3, 0.4) is 0 Å². The molecule has 0 aromatic heterocycles.